The van der Waals surface area contributed by atoms with Gasteiger partial charge in [0.2, 0.25) is 0 Å². The first-order chi connectivity index (χ1) is 24.3. The summed E-state index contributed by atoms with van der Waals surface area (Å²) < 4.78 is 71.5. The number of aromatic nitrogens is 3. The van der Waals surface area contributed by atoms with E-state index in [4.69, 9.17) is 31.3 Å². The van der Waals surface area contributed by atoms with Gasteiger partial charge in [-0.3, -0.25) is 4.90 Å². The number of benzene rings is 1. The van der Waals surface area contributed by atoms with Crippen molar-refractivity contribution in [3.8, 4) is 11.9 Å². The van der Waals surface area contributed by atoms with Crippen LogP contribution in [0.15, 0.2) is 45.2 Å². The number of ether oxygens (including phenoxy) is 2. The summed E-state index contributed by atoms with van der Waals surface area (Å²) in [6.45, 7) is 13.6. The van der Waals surface area contributed by atoms with E-state index in [9.17, 15) is 13.2 Å². The number of anilines is 1. The molecule has 2 aromatic heterocycles. The Balaban J connectivity index is 1.24. The maximum absolute atomic E-state index is 16.1. The SMILES string of the molecule is CC(/C=C(/N)N=Cc1c(Cl)cc2c(N3CCNCC3)nc(OCCN3CCC(COc4cc(C(C)C(C)C)on4)CC3)nc2c1F)=C\C(F)(F)F. The van der Waals surface area contributed by atoms with E-state index in [0.717, 1.165) is 44.0 Å². The molecule has 4 heterocycles. The summed E-state index contributed by atoms with van der Waals surface area (Å²) in [6, 6.07) is 3.46. The molecular weight excluding hydrogens is 692 g/mol. The summed E-state index contributed by atoms with van der Waals surface area (Å²) in [5.74, 6) is 1.92. The maximum Gasteiger partial charge on any atom is 0.410 e. The van der Waals surface area contributed by atoms with Gasteiger partial charge < -0.3 is 29.9 Å². The molecule has 0 radical (unpaired) electrons. The molecule has 0 bridgehead atoms. The lowest BCUT2D eigenvalue weighted by Gasteiger charge is -2.31. The number of rotatable bonds is 13. The number of aliphatic imine (C=N–C) groups is 1. The molecule has 1 atom stereocenters. The molecule has 3 N–H and O–H groups in total. The van der Waals surface area contributed by atoms with Crippen molar-refractivity contribution in [2.75, 3.05) is 63.9 Å². The number of likely N-dealkylation sites (tertiary alicyclic amines) is 1. The Morgan fingerprint density at radius 2 is 1.86 bits per heavy atom. The van der Waals surface area contributed by atoms with E-state index in [1.807, 2.05) is 11.0 Å². The first kappa shape index (κ1) is 38.3. The number of alkyl halides is 3. The summed E-state index contributed by atoms with van der Waals surface area (Å²) in [4.78, 5) is 17.3. The van der Waals surface area contributed by atoms with Gasteiger partial charge in [-0.2, -0.15) is 23.1 Å². The quantitative estimate of drug-likeness (QED) is 0.114. The highest BCUT2D eigenvalue weighted by atomic mass is 35.5. The third-order valence-electron chi connectivity index (χ3n) is 9.17. The van der Waals surface area contributed by atoms with Crippen LogP contribution in [0, 0.1) is 17.7 Å². The van der Waals surface area contributed by atoms with Gasteiger partial charge >= 0.3 is 12.2 Å². The number of hydrogen-bond donors (Lipinski definition) is 2. The monoisotopic (exact) mass is 736 g/mol. The Kier molecular flexibility index (Phi) is 12.8. The second-order valence-corrected chi connectivity index (χ2v) is 13.8. The van der Waals surface area contributed by atoms with Gasteiger partial charge in [-0.05, 0) is 67.6 Å². The molecule has 16 heteroatoms. The minimum atomic E-state index is -4.51. The van der Waals surface area contributed by atoms with Crippen molar-refractivity contribution < 1.29 is 31.6 Å². The van der Waals surface area contributed by atoms with E-state index < -0.39 is 12.0 Å². The van der Waals surface area contributed by atoms with E-state index in [1.165, 1.54) is 6.92 Å². The average molecular weight is 737 g/mol. The molecule has 0 spiro atoms. The zero-order valence-corrected chi connectivity index (χ0v) is 30.0. The van der Waals surface area contributed by atoms with Gasteiger partial charge in [0.15, 0.2) is 5.82 Å². The van der Waals surface area contributed by atoms with Crippen LogP contribution in [0.4, 0.5) is 23.4 Å². The predicted octanol–water partition coefficient (Wildman–Crippen LogP) is 6.48. The summed E-state index contributed by atoms with van der Waals surface area (Å²) >= 11 is 6.50. The Hall–Kier alpha value is -3.95. The zero-order valence-electron chi connectivity index (χ0n) is 29.3. The highest BCUT2D eigenvalue weighted by Gasteiger charge is 2.25. The van der Waals surface area contributed by atoms with Crippen LogP contribution in [0.1, 0.15) is 57.8 Å². The topological polar surface area (TPSA) is 127 Å². The number of fused-ring (bicyclic) bond motifs is 1. The molecule has 5 rings (SSSR count). The minimum Gasteiger partial charge on any atom is -0.475 e. The minimum absolute atomic E-state index is 0.0196. The smallest absolute Gasteiger partial charge is 0.410 e. The zero-order chi connectivity index (χ0) is 36.7. The highest BCUT2D eigenvalue weighted by molar-refractivity contribution is 6.34. The lowest BCUT2D eigenvalue weighted by molar-refractivity contribution is -0.0803. The molecule has 0 amide bonds. The lowest BCUT2D eigenvalue weighted by Crippen LogP contribution is -2.44. The molecule has 0 saturated carbocycles. The van der Waals surface area contributed by atoms with Crippen LogP contribution < -0.4 is 25.4 Å². The van der Waals surface area contributed by atoms with Crippen molar-refractivity contribution in [3.05, 3.63) is 57.8 Å². The molecule has 278 valence electrons. The van der Waals surface area contributed by atoms with E-state index in [2.05, 4.69) is 51.1 Å². The molecule has 1 aromatic carbocycles. The predicted molar refractivity (Wildman–Crippen MR) is 189 cm³/mol. The second-order valence-electron chi connectivity index (χ2n) is 13.4. The van der Waals surface area contributed by atoms with Crippen molar-refractivity contribution in [2.45, 2.75) is 52.6 Å². The summed E-state index contributed by atoms with van der Waals surface area (Å²) in [7, 11) is 0. The van der Waals surface area contributed by atoms with Crippen LogP contribution in [-0.4, -0.2) is 91.4 Å². The van der Waals surface area contributed by atoms with Crippen LogP contribution >= 0.6 is 11.6 Å². The van der Waals surface area contributed by atoms with Crippen LogP contribution in [-0.2, 0) is 0 Å². The van der Waals surface area contributed by atoms with Crippen LogP contribution in [0.2, 0.25) is 5.02 Å². The van der Waals surface area contributed by atoms with Gasteiger partial charge in [0.1, 0.15) is 29.5 Å². The molecule has 3 aromatic rings. The average Bonchev–Trinajstić information content (AvgIpc) is 3.56. The van der Waals surface area contributed by atoms with E-state index in [-0.39, 0.29) is 45.5 Å². The van der Waals surface area contributed by atoms with E-state index >= 15 is 4.39 Å². The standard InChI is InChI=1S/C35H45ClF4N8O3/c1-21(2)23(4)28-17-30(46-51-28)50-20-24-5-9-47(10-6-24)13-14-49-34-44-32-25(33(45-34)48-11-7-42-8-12-48)16-27(36)26(31(32)37)19-43-29(41)15-22(3)18-35(38,39)40/h15-19,21,23-24,42H,5-14,20,41H2,1-4H3/b22-18+,29-15-,43-19?. The van der Waals surface area contributed by atoms with Crippen LogP contribution in [0.5, 0.6) is 11.9 Å². The largest absolute Gasteiger partial charge is 0.475 e. The Morgan fingerprint density at radius 1 is 1.14 bits per heavy atom. The van der Waals surface area contributed by atoms with E-state index in [0.29, 0.717) is 74.9 Å². The Morgan fingerprint density at radius 3 is 2.55 bits per heavy atom. The third kappa shape index (κ3) is 10.5. The first-order valence-electron chi connectivity index (χ1n) is 17.1. The van der Waals surface area contributed by atoms with Crippen molar-refractivity contribution in [2.24, 2.45) is 22.6 Å². The number of nitrogens with two attached hydrogens (primary N) is 1. The summed E-state index contributed by atoms with van der Waals surface area (Å²) in [5.41, 5.74) is 5.50. The third-order valence-corrected chi connectivity index (χ3v) is 9.48. The molecule has 2 aliphatic rings. The van der Waals surface area contributed by atoms with Gasteiger partial charge in [-0.15, -0.1) is 0 Å². The van der Waals surface area contributed by atoms with Crippen LogP contribution in [0.3, 0.4) is 0 Å². The fraction of sp³-hybridized carbons (Fsp3) is 0.543. The number of nitrogens with one attached hydrogen (secondary N) is 1. The van der Waals surface area contributed by atoms with Gasteiger partial charge in [0.05, 0.1) is 11.6 Å². The van der Waals surface area contributed by atoms with Gasteiger partial charge in [-0.1, -0.05) is 32.4 Å². The molecular formula is C35H45ClF4N8O3. The Bertz CT molecular complexity index is 1730. The number of hydrogen-bond acceptors (Lipinski definition) is 11. The fourth-order valence-electron chi connectivity index (χ4n) is 5.91. The number of nitrogens with zero attached hydrogens (tertiary/aromatic N) is 6. The summed E-state index contributed by atoms with van der Waals surface area (Å²) in [6.07, 6.45) is -0.393. The number of halogens is 5. The first-order valence-corrected chi connectivity index (χ1v) is 17.5. The molecule has 2 saturated heterocycles. The molecule has 11 nitrogen and oxygen atoms in total. The van der Waals surface area contributed by atoms with Gasteiger partial charge in [0.25, 0.3) is 5.88 Å². The number of piperidine rings is 1. The van der Waals surface area contributed by atoms with Crippen LogP contribution in [0.25, 0.3) is 10.9 Å². The van der Waals surface area contributed by atoms with E-state index in [1.54, 1.807) is 6.07 Å². The molecule has 2 aliphatic heterocycles. The highest BCUT2D eigenvalue weighted by Crippen LogP contribution is 2.34. The van der Waals surface area contributed by atoms with Crippen molar-refractivity contribution in [1.82, 2.24) is 25.3 Å². The van der Waals surface area contributed by atoms with Crippen molar-refractivity contribution in [1.29, 1.82) is 0 Å². The molecule has 0 aliphatic carbocycles. The van der Waals surface area contributed by atoms with Crippen molar-refractivity contribution in [3.63, 3.8) is 0 Å². The molecule has 2 fully saturated rings. The molecule has 51 heavy (non-hydrogen) atoms. The van der Waals surface area contributed by atoms with Gasteiger partial charge in [-0.25, -0.2) is 9.38 Å². The Labute approximate surface area is 299 Å². The van der Waals surface area contributed by atoms with Gasteiger partial charge in [0, 0.05) is 67.9 Å². The summed E-state index contributed by atoms with van der Waals surface area (Å²) in [5, 5.41) is 7.79. The van der Waals surface area contributed by atoms with Crippen molar-refractivity contribution >= 4 is 34.5 Å². The second kappa shape index (κ2) is 17.0. The normalized spacial score (nSPS) is 18.0. The lowest BCUT2D eigenvalue weighted by atomic mass is 9.96. The molecule has 1 unspecified atom stereocenters. The fourth-order valence-corrected chi connectivity index (χ4v) is 6.15. The number of piperazine rings is 1. The number of allylic oxidation sites excluding steroid dienone is 3. The maximum atomic E-state index is 16.1.